The first-order chi connectivity index (χ1) is 10.7. The highest BCUT2D eigenvalue weighted by Crippen LogP contribution is 2.42. The third-order valence-corrected chi connectivity index (χ3v) is 6.95. The molecule has 0 heterocycles. The molecule has 0 aliphatic carbocycles. The van der Waals surface area contributed by atoms with Crippen LogP contribution in [0.3, 0.4) is 0 Å². The molecule has 4 nitrogen and oxygen atoms in total. The van der Waals surface area contributed by atoms with Crippen molar-refractivity contribution in [3.05, 3.63) is 61.2 Å². The number of hydrogen-bond acceptors (Lipinski definition) is 4. The molecule has 0 saturated carbocycles. The van der Waals surface area contributed by atoms with E-state index in [1.165, 1.54) is 0 Å². The summed E-state index contributed by atoms with van der Waals surface area (Å²) in [6, 6.07) is 9.06. The van der Waals surface area contributed by atoms with Crippen LogP contribution in [0, 0.1) is 0 Å². The molecular weight excluding hydrogens is 332 g/mol. The number of carbonyl (C=O) groups is 2. The SMILES string of the molecule is C=CC(=O)OC(C)C(OC(=O)C=C)(c1ccccc1)[Si](C)(C)Cl. The highest BCUT2D eigenvalue weighted by molar-refractivity contribution is 7.20. The first-order valence-corrected chi connectivity index (χ1v) is 11.1. The van der Waals surface area contributed by atoms with Crippen molar-refractivity contribution in [2.75, 3.05) is 0 Å². The van der Waals surface area contributed by atoms with Gasteiger partial charge in [0, 0.05) is 12.2 Å². The fraction of sp³-hybridized carbons (Fsp3) is 0.294. The fourth-order valence-electron chi connectivity index (χ4n) is 2.52. The van der Waals surface area contributed by atoms with Gasteiger partial charge in [0.1, 0.15) is 6.10 Å². The topological polar surface area (TPSA) is 52.6 Å². The molecule has 1 aromatic carbocycles. The molecule has 0 aliphatic heterocycles. The van der Waals surface area contributed by atoms with E-state index in [1.54, 1.807) is 19.1 Å². The smallest absolute Gasteiger partial charge is 0.330 e. The van der Waals surface area contributed by atoms with Crippen molar-refractivity contribution in [3.63, 3.8) is 0 Å². The van der Waals surface area contributed by atoms with Gasteiger partial charge in [0.15, 0.2) is 5.22 Å². The van der Waals surface area contributed by atoms with E-state index in [2.05, 4.69) is 13.2 Å². The van der Waals surface area contributed by atoms with Gasteiger partial charge in [-0.15, -0.1) is 0 Å². The summed E-state index contributed by atoms with van der Waals surface area (Å²) in [5.74, 6) is -1.24. The predicted molar refractivity (Wildman–Crippen MR) is 93.5 cm³/mol. The molecule has 0 bridgehead atoms. The van der Waals surface area contributed by atoms with Crippen LogP contribution in [-0.2, 0) is 24.3 Å². The maximum atomic E-state index is 12.0. The lowest BCUT2D eigenvalue weighted by molar-refractivity contribution is -0.168. The molecule has 0 spiro atoms. The number of carbonyl (C=O) groups excluding carboxylic acids is 2. The van der Waals surface area contributed by atoms with Crippen molar-refractivity contribution >= 4 is 30.4 Å². The summed E-state index contributed by atoms with van der Waals surface area (Å²) in [6.45, 7) is 12.1. The van der Waals surface area contributed by atoms with Gasteiger partial charge in [0.2, 0.25) is 7.38 Å². The summed E-state index contributed by atoms with van der Waals surface area (Å²) in [5.41, 5.74) is 0.672. The van der Waals surface area contributed by atoms with Crippen molar-refractivity contribution < 1.29 is 19.1 Å². The number of esters is 2. The van der Waals surface area contributed by atoms with Gasteiger partial charge in [-0.05, 0) is 12.5 Å². The highest BCUT2D eigenvalue weighted by Gasteiger charge is 2.56. The van der Waals surface area contributed by atoms with E-state index in [0.717, 1.165) is 12.2 Å². The standard InChI is InChI=1S/C17H21ClO4Si/c1-6-15(19)21-13(3)17(23(4,5)18,22-16(20)7-2)14-11-9-8-10-12-14/h6-13H,1-2H2,3-5H3. The molecular formula is C17H21ClO4Si. The molecule has 0 amide bonds. The zero-order chi connectivity index (χ0) is 17.7. The van der Waals surface area contributed by atoms with Gasteiger partial charge < -0.3 is 9.47 Å². The van der Waals surface area contributed by atoms with Crippen molar-refractivity contribution in [2.45, 2.75) is 31.3 Å². The molecule has 0 fully saturated rings. The molecule has 0 saturated heterocycles. The van der Waals surface area contributed by atoms with Crippen LogP contribution < -0.4 is 0 Å². The molecule has 2 unspecified atom stereocenters. The van der Waals surface area contributed by atoms with Crippen LogP contribution in [0.5, 0.6) is 0 Å². The van der Waals surface area contributed by atoms with Crippen LogP contribution >= 0.6 is 11.1 Å². The van der Waals surface area contributed by atoms with Gasteiger partial charge in [0.05, 0.1) is 0 Å². The number of benzene rings is 1. The van der Waals surface area contributed by atoms with E-state index in [1.807, 2.05) is 31.3 Å². The molecule has 2 atom stereocenters. The van der Waals surface area contributed by atoms with E-state index >= 15 is 0 Å². The third-order valence-electron chi connectivity index (χ3n) is 3.55. The third kappa shape index (κ3) is 4.12. The van der Waals surface area contributed by atoms with Crippen molar-refractivity contribution in [1.82, 2.24) is 0 Å². The largest absolute Gasteiger partial charge is 0.455 e. The van der Waals surface area contributed by atoms with Crippen molar-refractivity contribution in [1.29, 1.82) is 0 Å². The monoisotopic (exact) mass is 352 g/mol. The molecule has 6 heteroatoms. The van der Waals surface area contributed by atoms with Gasteiger partial charge in [0.25, 0.3) is 0 Å². The van der Waals surface area contributed by atoms with Crippen molar-refractivity contribution in [2.24, 2.45) is 0 Å². The molecule has 124 valence electrons. The summed E-state index contributed by atoms with van der Waals surface area (Å²) in [5, 5.41) is -1.26. The van der Waals surface area contributed by atoms with Gasteiger partial charge in [-0.2, -0.15) is 11.1 Å². The van der Waals surface area contributed by atoms with Crippen LogP contribution in [0.15, 0.2) is 55.6 Å². The first-order valence-electron chi connectivity index (χ1n) is 7.12. The average molecular weight is 353 g/mol. The van der Waals surface area contributed by atoms with Gasteiger partial charge in [-0.3, -0.25) is 0 Å². The van der Waals surface area contributed by atoms with Crippen LogP contribution in [0.1, 0.15) is 12.5 Å². The Kier molecular flexibility index (Phi) is 6.35. The lowest BCUT2D eigenvalue weighted by atomic mass is 10.0. The molecule has 1 aromatic rings. The average Bonchev–Trinajstić information content (AvgIpc) is 2.51. The fourth-order valence-corrected chi connectivity index (χ4v) is 5.64. The quantitative estimate of drug-likeness (QED) is 0.325. The molecule has 0 aromatic heterocycles. The molecule has 23 heavy (non-hydrogen) atoms. The number of rotatable bonds is 7. The van der Waals surface area contributed by atoms with E-state index < -0.39 is 30.7 Å². The number of ether oxygens (including phenoxy) is 2. The summed E-state index contributed by atoms with van der Waals surface area (Å²) in [6.07, 6.45) is 1.33. The van der Waals surface area contributed by atoms with E-state index in [0.29, 0.717) is 5.56 Å². The predicted octanol–water partition coefficient (Wildman–Crippen LogP) is 3.71. The minimum atomic E-state index is -2.73. The van der Waals surface area contributed by atoms with Crippen LogP contribution in [-0.4, -0.2) is 25.4 Å². The lowest BCUT2D eigenvalue weighted by Gasteiger charge is -2.44. The minimum absolute atomic E-state index is 0.609. The minimum Gasteiger partial charge on any atom is -0.455 e. The Bertz CT molecular complexity index is 594. The zero-order valence-electron chi connectivity index (χ0n) is 13.5. The van der Waals surface area contributed by atoms with Crippen LogP contribution in [0.25, 0.3) is 0 Å². The molecule has 0 aliphatic rings. The second-order valence-electron chi connectivity index (χ2n) is 5.48. The number of halogens is 1. The Morgan fingerprint density at radius 2 is 1.70 bits per heavy atom. The summed E-state index contributed by atoms with van der Waals surface area (Å²) in [4.78, 5) is 23.6. The molecule has 0 radical (unpaired) electrons. The Morgan fingerprint density at radius 1 is 1.17 bits per heavy atom. The number of hydrogen-bond donors (Lipinski definition) is 0. The highest BCUT2D eigenvalue weighted by atomic mass is 35.6. The Morgan fingerprint density at radius 3 is 2.13 bits per heavy atom. The Balaban J connectivity index is 3.52. The van der Waals surface area contributed by atoms with Gasteiger partial charge in [-0.1, -0.05) is 56.6 Å². The summed E-state index contributed by atoms with van der Waals surface area (Å²) < 4.78 is 11.1. The lowest BCUT2D eigenvalue weighted by Crippen LogP contribution is -2.58. The van der Waals surface area contributed by atoms with Gasteiger partial charge >= 0.3 is 11.9 Å². The van der Waals surface area contributed by atoms with Crippen LogP contribution in [0.2, 0.25) is 13.1 Å². The molecule has 1 rings (SSSR count). The second-order valence-corrected chi connectivity index (χ2v) is 12.0. The summed E-state index contributed by atoms with van der Waals surface area (Å²) >= 11 is 6.72. The van der Waals surface area contributed by atoms with E-state index in [9.17, 15) is 9.59 Å². The van der Waals surface area contributed by atoms with Crippen LogP contribution in [0.4, 0.5) is 0 Å². The normalized spacial score (nSPS) is 15.0. The Hall–Kier alpha value is -1.85. The maximum absolute atomic E-state index is 12.0. The van der Waals surface area contributed by atoms with Crippen molar-refractivity contribution in [3.8, 4) is 0 Å². The van der Waals surface area contributed by atoms with E-state index in [4.69, 9.17) is 20.6 Å². The zero-order valence-corrected chi connectivity index (χ0v) is 15.3. The summed E-state index contributed by atoms with van der Waals surface area (Å²) in [7, 11) is -2.73. The molecule has 0 N–H and O–H groups in total. The second kappa shape index (κ2) is 7.61. The van der Waals surface area contributed by atoms with E-state index in [-0.39, 0.29) is 0 Å². The maximum Gasteiger partial charge on any atom is 0.330 e. The Labute approximate surface area is 142 Å². The first kappa shape index (κ1) is 19.2. The van der Waals surface area contributed by atoms with Gasteiger partial charge in [-0.25, -0.2) is 9.59 Å².